The van der Waals surface area contributed by atoms with Gasteiger partial charge in [0.05, 0.1) is 12.8 Å². The molecule has 0 amide bonds. The van der Waals surface area contributed by atoms with Gasteiger partial charge >= 0.3 is 0 Å². The normalized spacial score (nSPS) is 19.7. The predicted octanol–water partition coefficient (Wildman–Crippen LogP) is 1.64. The van der Waals surface area contributed by atoms with Crippen LogP contribution in [0.4, 0.5) is 11.8 Å². The molecular weight excluding hydrogens is 240 g/mol. The third-order valence-electron chi connectivity index (χ3n) is 2.94. The van der Waals surface area contributed by atoms with E-state index in [0.717, 1.165) is 31.9 Å². The molecule has 1 N–H and O–H groups in total. The Balaban J connectivity index is 2.12. The Morgan fingerprint density at radius 2 is 2.47 bits per heavy atom. The van der Waals surface area contributed by atoms with E-state index in [4.69, 9.17) is 16.3 Å². The highest BCUT2D eigenvalue weighted by Crippen LogP contribution is 2.28. The molecule has 0 saturated carbocycles. The number of nitrogens with one attached hydrogen (secondary N) is 1. The van der Waals surface area contributed by atoms with Crippen LogP contribution in [0, 0.1) is 5.92 Å². The summed E-state index contributed by atoms with van der Waals surface area (Å²) < 4.78 is 5.18. The highest BCUT2D eigenvalue weighted by molar-refractivity contribution is 6.32. The fourth-order valence-corrected chi connectivity index (χ4v) is 2.31. The van der Waals surface area contributed by atoms with E-state index in [1.54, 1.807) is 20.4 Å². The van der Waals surface area contributed by atoms with E-state index in [9.17, 15) is 0 Å². The number of methoxy groups -OCH3 is 1. The fourth-order valence-electron chi connectivity index (χ4n) is 2.10. The van der Waals surface area contributed by atoms with Gasteiger partial charge in [-0.1, -0.05) is 11.6 Å². The molecule has 94 valence electrons. The van der Waals surface area contributed by atoms with Gasteiger partial charge in [0.25, 0.3) is 0 Å². The smallest absolute Gasteiger partial charge is 0.224 e. The van der Waals surface area contributed by atoms with Gasteiger partial charge in [0.15, 0.2) is 5.82 Å². The summed E-state index contributed by atoms with van der Waals surface area (Å²) in [6.07, 6.45) is 2.75. The van der Waals surface area contributed by atoms with Crippen LogP contribution < -0.4 is 10.2 Å². The van der Waals surface area contributed by atoms with Crippen molar-refractivity contribution in [3.8, 4) is 0 Å². The molecule has 5 nitrogen and oxygen atoms in total. The average molecular weight is 257 g/mol. The van der Waals surface area contributed by atoms with Gasteiger partial charge in [0.2, 0.25) is 5.95 Å². The number of rotatable bonds is 4. The maximum Gasteiger partial charge on any atom is 0.224 e. The van der Waals surface area contributed by atoms with E-state index in [2.05, 4.69) is 20.2 Å². The molecule has 1 aliphatic heterocycles. The highest BCUT2D eigenvalue weighted by atomic mass is 35.5. The van der Waals surface area contributed by atoms with Crippen LogP contribution in [-0.2, 0) is 4.74 Å². The Hall–Kier alpha value is -1.07. The van der Waals surface area contributed by atoms with Gasteiger partial charge in [0.1, 0.15) is 5.02 Å². The van der Waals surface area contributed by atoms with E-state index in [-0.39, 0.29) is 0 Å². The van der Waals surface area contributed by atoms with Crippen LogP contribution in [0.25, 0.3) is 0 Å². The quantitative estimate of drug-likeness (QED) is 0.888. The van der Waals surface area contributed by atoms with Gasteiger partial charge in [0, 0.05) is 33.2 Å². The number of hydrogen-bond donors (Lipinski definition) is 1. The zero-order chi connectivity index (χ0) is 12.3. The second-order valence-electron chi connectivity index (χ2n) is 4.17. The molecule has 0 bridgehead atoms. The molecule has 0 aliphatic carbocycles. The van der Waals surface area contributed by atoms with Crippen LogP contribution in [0.5, 0.6) is 0 Å². The zero-order valence-electron chi connectivity index (χ0n) is 10.1. The van der Waals surface area contributed by atoms with E-state index in [0.29, 0.717) is 16.9 Å². The van der Waals surface area contributed by atoms with E-state index < -0.39 is 0 Å². The van der Waals surface area contributed by atoms with Crippen molar-refractivity contribution < 1.29 is 4.74 Å². The summed E-state index contributed by atoms with van der Waals surface area (Å²) in [5.74, 6) is 1.97. The Bertz CT molecular complexity index is 388. The minimum atomic E-state index is 0.559. The largest absolute Gasteiger partial charge is 0.384 e. The lowest BCUT2D eigenvalue weighted by Crippen LogP contribution is -2.22. The molecule has 1 atom stereocenters. The van der Waals surface area contributed by atoms with Gasteiger partial charge in [-0.15, -0.1) is 0 Å². The minimum absolute atomic E-state index is 0.559. The lowest BCUT2D eigenvalue weighted by Gasteiger charge is -2.19. The first-order valence-electron chi connectivity index (χ1n) is 5.68. The SMILES string of the molecule is CNc1ncc(Cl)c(N2CCC(COC)C2)n1. The molecule has 1 aromatic rings. The van der Waals surface area contributed by atoms with Crippen LogP contribution in [0.15, 0.2) is 6.20 Å². The number of halogens is 1. The van der Waals surface area contributed by atoms with Gasteiger partial charge in [-0.25, -0.2) is 4.98 Å². The van der Waals surface area contributed by atoms with Crippen molar-refractivity contribution in [2.45, 2.75) is 6.42 Å². The molecule has 1 saturated heterocycles. The number of anilines is 2. The van der Waals surface area contributed by atoms with E-state index in [1.165, 1.54) is 0 Å². The zero-order valence-corrected chi connectivity index (χ0v) is 10.9. The Labute approximate surface area is 106 Å². The van der Waals surface area contributed by atoms with E-state index >= 15 is 0 Å². The summed E-state index contributed by atoms with van der Waals surface area (Å²) in [4.78, 5) is 10.7. The molecule has 1 fully saturated rings. The second kappa shape index (κ2) is 5.51. The van der Waals surface area contributed by atoms with Gasteiger partial charge < -0.3 is 15.0 Å². The molecule has 0 aromatic carbocycles. The maximum atomic E-state index is 6.13. The van der Waals surface area contributed by atoms with Gasteiger partial charge in [-0.2, -0.15) is 4.98 Å². The third-order valence-corrected chi connectivity index (χ3v) is 3.20. The second-order valence-corrected chi connectivity index (χ2v) is 4.58. The number of aromatic nitrogens is 2. The van der Waals surface area contributed by atoms with Crippen molar-refractivity contribution in [1.82, 2.24) is 9.97 Å². The van der Waals surface area contributed by atoms with Crippen molar-refractivity contribution in [1.29, 1.82) is 0 Å². The molecule has 6 heteroatoms. The Morgan fingerprint density at radius 3 is 3.18 bits per heavy atom. The molecule has 0 spiro atoms. The summed E-state index contributed by atoms with van der Waals surface area (Å²) in [5, 5.41) is 3.52. The van der Waals surface area contributed by atoms with Crippen molar-refractivity contribution >= 4 is 23.4 Å². The topological polar surface area (TPSA) is 50.3 Å². The Morgan fingerprint density at radius 1 is 1.65 bits per heavy atom. The van der Waals surface area contributed by atoms with Crippen LogP contribution in [0.1, 0.15) is 6.42 Å². The third kappa shape index (κ3) is 2.79. The van der Waals surface area contributed by atoms with Crippen LogP contribution in [-0.4, -0.2) is 43.8 Å². The van der Waals surface area contributed by atoms with Crippen molar-refractivity contribution in [3.05, 3.63) is 11.2 Å². The first-order valence-corrected chi connectivity index (χ1v) is 6.06. The molecule has 0 radical (unpaired) electrons. The maximum absolute atomic E-state index is 6.13. The van der Waals surface area contributed by atoms with Crippen molar-refractivity contribution in [2.24, 2.45) is 5.92 Å². The molecule has 1 aliphatic rings. The van der Waals surface area contributed by atoms with Crippen molar-refractivity contribution in [3.63, 3.8) is 0 Å². The van der Waals surface area contributed by atoms with Crippen LogP contribution in [0.2, 0.25) is 5.02 Å². The molecule has 2 rings (SSSR count). The fraction of sp³-hybridized carbons (Fsp3) is 0.636. The molecule has 1 unspecified atom stereocenters. The molecule has 17 heavy (non-hydrogen) atoms. The van der Waals surface area contributed by atoms with Gasteiger partial charge in [-0.3, -0.25) is 0 Å². The number of nitrogens with zero attached hydrogens (tertiary/aromatic N) is 3. The summed E-state index contributed by atoms with van der Waals surface area (Å²) in [6.45, 7) is 2.69. The first kappa shape index (κ1) is 12.4. The predicted molar refractivity (Wildman–Crippen MR) is 68.8 cm³/mol. The average Bonchev–Trinajstić information content (AvgIpc) is 2.79. The first-order chi connectivity index (χ1) is 8.24. The standard InChI is InChI=1S/C11H17ClN4O/c1-13-11-14-5-9(12)10(15-11)16-4-3-8(6-16)7-17-2/h5,8H,3-4,6-7H2,1-2H3,(H,13,14,15). The molecule has 2 heterocycles. The monoisotopic (exact) mass is 256 g/mol. The lowest BCUT2D eigenvalue weighted by atomic mass is 10.1. The number of ether oxygens (including phenoxy) is 1. The van der Waals surface area contributed by atoms with Crippen LogP contribution >= 0.6 is 11.6 Å². The minimum Gasteiger partial charge on any atom is -0.384 e. The summed E-state index contributed by atoms with van der Waals surface area (Å²) in [5.41, 5.74) is 0. The van der Waals surface area contributed by atoms with Crippen molar-refractivity contribution in [2.75, 3.05) is 44.1 Å². The lowest BCUT2D eigenvalue weighted by molar-refractivity contribution is 0.161. The summed E-state index contributed by atoms with van der Waals surface area (Å²) >= 11 is 6.13. The Kier molecular flexibility index (Phi) is 4.02. The summed E-state index contributed by atoms with van der Waals surface area (Å²) in [6, 6.07) is 0. The number of hydrogen-bond acceptors (Lipinski definition) is 5. The van der Waals surface area contributed by atoms with Crippen LogP contribution in [0.3, 0.4) is 0 Å². The van der Waals surface area contributed by atoms with E-state index in [1.807, 2.05) is 0 Å². The van der Waals surface area contributed by atoms with Gasteiger partial charge in [-0.05, 0) is 6.42 Å². The highest BCUT2D eigenvalue weighted by Gasteiger charge is 2.25. The summed E-state index contributed by atoms with van der Waals surface area (Å²) in [7, 11) is 3.53. The molecular formula is C11H17ClN4O. The molecule has 1 aromatic heterocycles.